The van der Waals surface area contributed by atoms with Crippen LogP contribution in [0.3, 0.4) is 0 Å². The molecule has 0 fully saturated rings. The lowest BCUT2D eigenvalue weighted by atomic mass is 10.1. The lowest BCUT2D eigenvalue weighted by molar-refractivity contribution is -0.137. The summed E-state index contributed by atoms with van der Waals surface area (Å²) < 4.78 is 38.0. The molecule has 0 aliphatic rings. The van der Waals surface area contributed by atoms with Crippen LogP contribution in [0.15, 0.2) is 54.6 Å². The van der Waals surface area contributed by atoms with E-state index in [4.69, 9.17) is 0 Å². The molecule has 3 nitrogen and oxygen atoms in total. The molecule has 0 atom stereocenters. The van der Waals surface area contributed by atoms with Crippen molar-refractivity contribution in [2.75, 3.05) is 0 Å². The molecule has 0 aliphatic carbocycles. The van der Waals surface area contributed by atoms with E-state index in [2.05, 4.69) is 4.98 Å². The van der Waals surface area contributed by atoms with E-state index in [0.717, 1.165) is 29.0 Å². The van der Waals surface area contributed by atoms with Crippen molar-refractivity contribution in [1.82, 2.24) is 4.98 Å². The standard InChI is InChI=1S/C20H14F3NO2S/c1-12-18(17(26)11-4-13-2-9-16(25)10-3-13)27-19(24-12)14-5-7-15(8-6-14)20(21,22)23/h2-11,25H,1H3/b11-4+. The predicted molar refractivity (Wildman–Crippen MR) is 98.8 cm³/mol. The molecular weight excluding hydrogens is 375 g/mol. The third-order valence-corrected chi connectivity index (χ3v) is 5.02. The van der Waals surface area contributed by atoms with Gasteiger partial charge in [-0.15, -0.1) is 11.3 Å². The van der Waals surface area contributed by atoms with E-state index in [1.807, 2.05) is 0 Å². The number of allylic oxidation sites excluding steroid dienone is 1. The largest absolute Gasteiger partial charge is 0.508 e. The number of carbonyl (C=O) groups is 1. The Morgan fingerprint density at radius 1 is 1.07 bits per heavy atom. The molecule has 0 amide bonds. The van der Waals surface area contributed by atoms with Gasteiger partial charge in [0.2, 0.25) is 0 Å². The molecule has 0 aliphatic heterocycles. The van der Waals surface area contributed by atoms with Gasteiger partial charge in [0.15, 0.2) is 5.78 Å². The van der Waals surface area contributed by atoms with E-state index < -0.39 is 11.7 Å². The summed E-state index contributed by atoms with van der Waals surface area (Å²) in [5, 5.41) is 9.75. The van der Waals surface area contributed by atoms with Crippen molar-refractivity contribution in [2.24, 2.45) is 0 Å². The highest BCUT2D eigenvalue weighted by atomic mass is 32.1. The van der Waals surface area contributed by atoms with Crippen LogP contribution in [0.4, 0.5) is 13.2 Å². The number of ketones is 1. The van der Waals surface area contributed by atoms with Gasteiger partial charge in [-0.1, -0.05) is 30.3 Å². The highest BCUT2D eigenvalue weighted by Gasteiger charge is 2.30. The number of phenols is 1. The minimum Gasteiger partial charge on any atom is -0.508 e. The van der Waals surface area contributed by atoms with Crippen LogP contribution in [0.1, 0.15) is 26.5 Å². The first-order valence-corrected chi connectivity index (χ1v) is 8.72. The second kappa shape index (κ2) is 7.36. The Hall–Kier alpha value is -2.93. The van der Waals surface area contributed by atoms with Crippen LogP contribution in [0.2, 0.25) is 0 Å². The number of hydrogen-bond donors (Lipinski definition) is 1. The Labute approximate surface area is 157 Å². The smallest absolute Gasteiger partial charge is 0.416 e. The molecule has 7 heteroatoms. The van der Waals surface area contributed by atoms with Gasteiger partial charge < -0.3 is 5.11 Å². The van der Waals surface area contributed by atoms with Crippen LogP contribution in [-0.2, 0) is 6.18 Å². The Balaban J connectivity index is 1.81. The van der Waals surface area contributed by atoms with E-state index in [0.29, 0.717) is 21.1 Å². The molecular formula is C20H14F3NO2S. The minimum atomic E-state index is -4.39. The maximum Gasteiger partial charge on any atom is 0.416 e. The number of phenolic OH excluding ortho intramolecular Hbond substituents is 1. The van der Waals surface area contributed by atoms with Crippen molar-refractivity contribution in [3.8, 4) is 16.3 Å². The number of aromatic hydroxyl groups is 1. The van der Waals surface area contributed by atoms with E-state index >= 15 is 0 Å². The first-order valence-electron chi connectivity index (χ1n) is 7.90. The lowest BCUT2D eigenvalue weighted by Crippen LogP contribution is -2.03. The number of halogens is 3. The van der Waals surface area contributed by atoms with Crippen LogP contribution in [0.25, 0.3) is 16.6 Å². The quantitative estimate of drug-likeness (QED) is 0.457. The Bertz CT molecular complexity index is 988. The van der Waals surface area contributed by atoms with Gasteiger partial charge in [-0.05, 0) is 42.8 Å². The number of aromatic nitrogens is 1. The van der Waals surface area contributed by atoms with Gasteiger partial charge in [0, 0.05) is 5.56 Å². The van der Waals surface area contributed by atoms with Gasteiger partial charge in [0.25, 0.3) is 0 Å². The van der Waals surface area contributed by atoms with Crippen LogP contribution < -0.4 is 0 Å². The summed E-state index contributed by atoms with van der Waals surface area (Å²) in [4.78, 5) is 17.2. The summed E-state index contributed by atoms with van der Waals surface area (Å²) in [7, 11) is 0. The van der Waals surface area contributed by atoms with Gasteiger partial charge in [-0.2, -0.15) is 13.2 Å². The summed E-state index contributed by atoms with van der Waals surface area (Å²) in [6.07, 6.45) is -1.36. The zero-order chi connectivity index (χ0) is 19.6. The average molecular weight is 389 g/mol. The molecule has 0 unspecified atom stereocenters. The first-order chi connectivity index (χ1) is 12.7. The third kappa shape index (κ3) is 4.43. The summed E-state index contributed by atoms with van der Waals surface area (Å²) in [5.41, 5.74) is 1.08. The molecule has 0 bridgehead atoms. The Morgan fingerprint density at radius 3 is 2.30 bits per heavy atom. The van der Waals surface area contributed by atoms with E-state index in [1.54, 1.807) is 25.1 Å². The predicted octanol–water partition coefficient (Wildman–Crippen LogP) is 5.74. The van der Waals surface area contributed by atoms with Crippen molar-refractivity contribution in [3.63, 3.8) is 0 Å². The SMILES string of the molecule is Cc1nc(-c2ccc(C(F)(F)F)cc2)sc1C(=O)/C=C/c1ccc(O)cc1. The number of aryl methyl sites for hydroxylation is 1. The maximum absolute atomic E-state index is 12.7. The maximum atomic E-state index is 12.7. The van der Waals surface area contributed by atoms with E-state index in [1.165, 1.54) is 30.3 Å². The molecule has 1 heterocycles. The molecule has 3 rings (SSSR count). The number of rotatable bonds is 4. The second-order valence-corrected chi connectivity index (χ2v) is 6.80. The highest BCUT2D eigenvalue weighted by molar-refractivity contribution is 7.17. The molecule has 1 N–H and O–H groups in total. The van der Waals surface area contributed by atoms with Crippen molar-refractivity contribution >= 4 is 23.2 Å². The number of thiazole rings is 1. The van der Waals surface area contributed by atoms with Gasteiger partial charge >= 0.3 is 6.18 Å². The Morgan fingerprint density at radius 2 is 1.70 bits per heavy atom. The molecule has 0 radical (unpaired) electrons. The van der Waals surface area contributed by atoms with Crippen LogP contribution in [0.5, 0.6) is 5.75 Å². The summed E-state index contributed by atoms with van der Waals surface area (Å²) in [6, 6.07) is 11.1. The zero-order valence-corrected chi connectivity index (χ0v) is 14.9. The second-order valence-electron chi connectivity index (χ2n) is 5.80. The molecule has 0 saturated carbocycles. The van der Waals surface area contributed by atoms with Gasteiger partial charge in [-0.25, -0.2) is 4.98 Å². The molecule has 138 valence electrons. The number of nitrogens with zero attached hydrogens (tertiary/aromatic N) is 1. The van der Waals surface area contributed by atoms with Crippen molar-refractivity contribution in [2.45, 2.75) is 13.1 Å². The number of carbonyl (C=O) groups excluding carboxylic acids is 1. The normalized spacial score (nSPS) is 11.9. The fourth-order valence-corrected chi connectivity index (χ4v) is 3.38. The molecule has 0 saturated heterocycles. The fraction of sp³-hybridized carbons (Fsp3) is 0.100. The zero-order valence-electron chi connectivity index (χ0n) is 14.1. The van der Waals surface area contributed by atoms with Crippen molar-refractivity contribution < 1.29 is 23.1 Å². The monoisotopic (exact) mass is 389 g/mol. The Kier molecular flexibility index (Phi) is 5.14. The van der Waals surface area contributed by atoms with Gasteiger partial charge in [0.05, 0.1) is 16.1 Å². The van der Waals surface area contributed by atoms with Crippen molar-refractivity contribution in [3.05, 3.63) is 76.3 Å². The molecule has 27 heavy (non-hydrogen) atoms. The van der Waals surface area contributed by atoms with Crippen molar-refractivity contribution in [1.29, 1.82) is 0 Å². The molecule has 1 aromatic heterocycles. The minimum absolute atomic E-state index is 0.137. The van der Waals surface area contributed by atoms with E-state index in [9.17, 15) is 23.1 Å². The third-order valence-electron chi connectivity index (χ3n) is 3.80. The van der Waals surface area contributed by atoms with Crippen LogP contribution in [0, 0.1) is 6.92 Å². The van der Waals surface area contributed by atoms with Gasteiger partial charge in [0.1, 0.15) is 10.8 Å². The average Bonchev–Trinajstić information content (AvgIpc) is 3.02. The van der Waals surface area contributed by atoms with E-state index in [-0.39, 0.29) is 11.5 Å². The molecule has 2 aromatic carbocycles. The summed E-state index contributed by atoms with van der Waals surface area (Å²) in [6.45, 7) is 1.69. The molecule has 3 aromatic rings. The summed E-state index contributed by atoms with van der Waals surface area (Å²) in [5.74, 6) is -0.103. The topological polar surface area (TPSA) is 50.2 Å². The number of hydrogen-bond acceptors (Lipinski definition) is 4. The fourth-order valence-electron chi connectivity index (χ4n) is 2.38. The highest BCUT2D eigenvalue weighted by Crippen LogP contribution is 2.33. The van der Waals surface area contributed by atoms with Crippen LogP contribution in [-0.4, -0.2) is 15.9 Å². The van der Waals surface area contributed by atoms with Gasteiger partial charge in [-0.3, -0.25) is 4.79 Å². The van der Waals surface area contributed by atoms with Crippen LogP contribution >= 0.6 is 11.3 Å². The molecule has 0 spiro atoms. The first kappa shape index (κ1) is 18.8. The number of benzene rings is 2. The summed E-state index contributed by atoms with van der Waals surface area (Å²) >= 11 is 1.14. The number of alkyl halides is 3. The lowest BCUT2D eigenvalue weighted by Gasteiger charge is -2.06.